The number of para-hydroxylation sites is 1. The number of sulfone groups is 1. The van der Waals surface area contributed by atoms with Gasteiger partial charge in [-0.2, -0.15) is 0 Å². The first-order valence-corrected chi connectivity index (χ1v) is 9.70. The maximum absolute atomic E-state index is 12.8. The van der Waals surface area contributed by atoms with Crippen molar-refractivity contribution in [2.24, 2.45) is 0 Å². The fourth-order valence-electron chi connectivity index (χ4n) is 3.35. The summed E-state index contributed by atoms with van der Waals surface area (Å²) in [5.74, 6) is 0.226. The monoisotopic (exact) mass is 334 g/mol. The summed E-state index contributed by atoms with van der Waals surface area (Å²) in [6, 6.07) is 7.46. The molecule has 1 aliphatic heterocycles. The molecule has 1 amide bonds. The number of amides is 1. The van der Waals surface area contributed by atoms with Gasteiger partial charge in [0, 0.05) is 17.5 Å². The predicted molar refractivity (Wildman–Crippen MR) is 84.6 cm³/mol. The molecule has 7 heteroatoms. The van der Waals surface area contributed by atoms with E-state index < -0.39 is 9.84 Å². The number of benzene rings is 1. The quantitative estimate of drug-likeness (QED) is 0.847. The zero-order valence-corrected chi connectivity index (χ0v) is 13.5. The number of carbonyl (C=O) groups is 1. The van der Waals surface area contributed by atoms with Crippen molar-refractivity contribution < 1.29 is 17.7 Å². The molecule has 1 saturated carbocycles. The third-order valence-electron chi connectivity index (χ3n) is 4.60. The Morgan fingerprint density at radius 1 is 1.22 bits per heavy atom. The van der Waals surface area contributed by atoms with Crippen molar-refractivity contribution in [2.75, 3.05) is 11.5 Å². The highest BCUT2D eigenvalue weighted by atomic mass is 32.2. The lowest BCUT2D eigenvalue weighted by molar-refractivity contribution is -0.133. The maximum atomic E-state index is 12.8. The van der Waals surface area contributed by atoms with Crippen LogP contribution in [0.5, 0.6) is 0 Å². The van der Waals surface area contributed by atoms with E-state index in [4.69, 9.17) is 4.52 Å². The summed E-state index contributed by atoms with van der Waals surface area (Å²) in [5, 5.41) is 4.86. The van der Waals surface area contributed by atoms with Crippen LogP contribution in [0.3, 0.4) is 0 Å². The second-order valence-corrected chi connectivity index (χ2v) is 8.62. The van der Waals surface area contributed by atoms with Gasteiger partial charge in [-0.1, -0.05) is 17.3 Å². The molecule has 1 aliphatic carbocycles. The molecule has 0 radical (unpaired) electrons. The Balaban J connectivity index is 1.56. The summed E-state index contributed by atoms with van der Waals surface area (Å²) in [6.07, 6.45) is 2.62. The van der Waals surface area contributed by atoms with Crippen molar-refractivity contribution in [1.82, 2.24) is 10.1 Å². The van der Waals surface area contributed by atoms with Crippen LogP contribution in [-0.4, -0.2) is 48.0 Å². The average molecular weight is 334 g/mol. The van der Waals surface area contributed by atoms with Crippen LogP contribution in [0, 0.1) is 0 Å². The molecule has 1 aromatic heterocycles. The number of nitrogens with zero attached hydrogens (tertiary/aromatic N) is 2. The Bertz CT molecular complexity index is 854. The first-order chi connectivity index (χ1) is 11.0. The van der Waals surface area contributed by atoms with Gasteiger partial charge >= 0.3 is 0 Å². The number of aromatic nitrogens is 1. The molecule has 2 aliphatic rings. The van der Waals surface area contributed by atoms with Gasteiger partial charge in [-0.05, 0) is 31.4 Å². The molecular weight excluding hydrogens is 316 g/mol. The van der Waals surface area contributed by atoms with Crippen LogP contribution in [0.25, 0.3) is 11.0 Å². The first-order valence-electron chi connectivity index (χ1n) is 7.88. The van der Waals surface area contributed by atoms with E-state index in [0.717, 1.165) is 18.2 Å². The molecule has 6 nitrogen and oxygen atoms in total. The van der Waals surface area contributed by atoms with Crippen LogP contribution in [0.15, 0.2) is 28.8 Å². The fraction of sp³-hybridized carbons (Fsp3) is 0.500. The molecule has 1 atom stereocenters. The van der Waals surface area contributed by atoms with Crippen molar-refractivity contribution in [1.29, 1.82) is 0 Å². The van der Waals surface area contributed by atoms with E-state index in [2.05, 4.69) is 5.16 Å². The first kappa shape index (κ1) is 14.7. The van der Waals surface area contributed by atoms with Gasteiger partial charge in [0.05, 0.1) is 17.9 Å². The highest BCUT2D eigenvalue weighted by molar-refractivity contribution is 7.91. The van der Waals surface area contributed by atoms with E-state index in [0.29, 0.717) is 17.7 Å². The molecule has 2 heterocycles. The summed E-state index contributed by atoms with van der Waals surface area (Å²) >= 11 is 0. The van der Waals surface area contributed by atoms with Gasteiger partial charge in [0.2, 0.25) is 5.91 Å². The van der Waals surface area contributed by atoms with Crippen LogP contribution in [0.4, 0.5) is 0 Å². The van der Waals surface area contributed by atoms with Crippen LogP contribution in [0.2, 0.25) is 0 Å². The molecule has 0 unspecified atom stereocenters. The van der Waals surface area contributed by atoms with E-state index in [9.17, 15) is 13.2 Å². The van der Waals surface area contributed by atoms with Crippen molar-refractivity contribution in [3.05, 3.63) is 30.0 Å². The smallest absolute Gasteiger partial charge is 0.229 e. The predicted octanol–water partition coefficient (Wildman–Crippen LogP) is 1.55. The van der Waals surface area contributed by atoms with Gasteiger partial charge in [-0.3, -0.25) is 4.79 Å². The Hall–Kier alpha value is -1.89. The molecule has 2 fully saturated rings. The number of rotatable bonds is 4. The normalized spacial score (nSPS) is 23.2. The second-order valence-electron chi connectivity index (χ2n) is 6.39. The molecule has 2 aromatic rings. The zero-order chi connectivity index (χ0) is 16.0. The minimum absolute atomic E-state index is 0.0475. The summed E-state index contributed by atoms with van der Waals surface area (Å²) in [6.45, 7) is 0. The Labute approximate surface area is 134 Å². The number of hydrogen-bond donors (Lipinski definition) is 0. The van der Waals surface area contributed by atoms with E-state index in [1.165, 1.54) is 0 Å². The number of fused-ring (bicyclic) bond motifs is 1. The average Bonchev–Trinajstić information content (AvgIpc) is 3.16. The van der Waals surface area contributed by atoms with E-state index in [1.54, 1.807) is 4.90 Å². The van der Waals surface area contributed by atoms with Crippen molar-refractivity contribution in [3.8, 4) is 0 Å². The largest absolute Gasteiger partial charge is 0.356 e. The molecule has 0 spiro atoms. The van der Waals surface area contributed by atoms with Gasteiger partial charge in [-0.25, -0.2) is 8.42 Å². The third kappa shape index (κ3) is 2.85. The molecule has 23 heavy (non-hydrogen) atoms. The minimum Gasteiger partial charge on any atom is -0.356 e. The standard InChI is InChI=1S/C16H18N2O4S/c19-16(9-14-13-3-1-2-4-15(13)22-17-14)18(11-5-6-11)12-7-8-23(20,21)10-12/h1-4,11-12H,5-10H2/t12-/m0/s1. The van der Waals surface area contributed by atoms with Crippen molar-refractivity contribution in [2.45, 2.75) is 37.8 Å². The highest BCUT2D eigenvalue weighted by Crippen LogP contribution is 2.33. The molecule has 4 rings (SSSR count). The van der Waals surface area contributed by atoms with Gasteiger partial charge < -0.3 is 9.42 Å². The Morgan fingerprint density at radius 2 is 2.00 bits per heavy atom. The van der Waals surface area contributed by atoms with Crippen LogP contribution in [0.1, 0.15) is 25.0 Å². The van der Waals surface area contributed by atoms with Gasteiger partial charge in [-0.15, -0.1) is 0 Å². The highest BCUT2D eigenvalue weighted by Gasteiger charge is 2.42. The minimum atomic E-state index is -3.00. The molecule has 1 aromatic carbocycles. The van der Waals surface area contributed by atoms with Crippen molar-refractivity contribution >= 4 is 26.7 Å². The van der Waals surface area contributed by atoms with E-state index >= 15 is 0 Å². The molecule has 1 saturated heterocycles. The fourth-order valence-corrected chi connectivity index (χ4v) is 5.06. The Kier molecular flexibility index (Phi) is 3.41. The lowest BCUT2D eigenvalue weighted by atomic mass is 10.1. The topological polar surface area (TPSA) is 80.5 Å². The van der Waals surface area contributed by atoms with Gasteiger partial charge in [0.25, 0.3) is 0 Å². The SMILES string of the molecule is O=C(Cc1noc2ccccc12)N(C1CC1)[C@H]1CCS(=O)(=O)C1. The maximum Gasteiger partial charge on any atom is 0.229 e. The van der Waals surface area contributed by atoms with Crippen LogP contribution >= 0.6 is 0 Å². The summed E-state index contributed by atoms with van der Waals surface area (Å²) < 4.78 is 28.7. The summed E-state index contributed by atoms with van der Waals surface area (Å²) in [4.78, 5) is 14.6. The number of carbonyl (C=O) groups excluding carboxylic acids is 1. The molecule has 0 N–H and O–H groups in total. The summed E-state index contributed by atoms with van der Waals surface area (Å²) in [5.41, 5.74) is 1.29. The third-order valence-corrected chi connectivity index (χ3v) is 6.35. The lowest BCUT2D eigenvalue weighted by Gasteiger charge is -2.28. The van der Waals surface area contributed by atoms with Crippen LogP contribution in [-0.2, 0) is 21.1 Å². The molecule has 0 bridgehead atoms. The molecular formula is C16H18N2O4S. The van der Waals surface area contributed by atoms with Crippen LogP contribution < -0.4 is 0 Å². The van der Waals surface area contributed by atoms with Crippen molar-refractivity contribution in [3.63, 3.8) is 0 Å². The summed E-state index contributed by atoms with van der Waals surface area (Å²) in [7, 11) is -3.00. The van der Waals surface area contributed by atoms with Gasteiger partial charge in [0.1, 0.15) is 5.69 Å². The lowest BCUT2D eigenvalue weighted by Crippen LogP contribution is -2.43. The number of hydrogen-bond acceptors (Lipinski definition) is 5. The Morgan fingerprint density at radius 3 is 2.70 bits per heavy atom. The second kappa shape index (κ2) is 5.33. The van der Waals surface area contributed by atoms with E-state index in [-0.39, 0.29) is 35.9 Å². The van der Waals surface area contributed by atoms with Gasteiger partial charge in [0.15, 0.2) is 15.4 Å². The zero-order valence-electron chi connectivity index (χ0n) is 12.6. The molecule has 122 valence electrons. The van der Waals surface area contributed by atoms with E-state index in [1.807, 2.05) is 24.3 Å².